The normalized spacial score (nSPS) is 21.6. The van der Waals surface area contributed by atoms with Crippen molar-refractivity contribution in [1.29, 1.82) is 0 Å². The number of likely N-dealkylation sites (tertiary alicyclic amines) is 1. The van der Waals surface area contributed by atoms with Crippen LogP contribution in [-0.4, -0.2) is 60.8 Å². The first kappa shape index (κ1) is 19.8. The highest BCUT2D eigenvalue weighted by atomic mass is 32.2. The molecule has 1 aromatic carbocycles. The SMILES string of the molecule is CN(C1CCCCC1)S(=O)(=O)c1ccc(C(=O)N2CCC(C(=O)O)C2)cc1. The van der Waals surface area contributed by atoms with Gasteiger partial charge >= 0.3 is 5.97 Å². The van der Waals surface area contributed by atoms with Crippen molar-refractivity contribution in [2.45, 2.75) is 49.5 Å². The Morgan fingerprint density at radius 1 is 1.07 bits per heavy atom. The molecule has 1 saturated heterocycles. The molecule has 3 rings (SSSR count). The van der Waals surface area contributed by atoms with E-state index < -0.39 is 21.9 Å². The molecule has 0 aromatic heterocycles. The summed E-state index contributed by atoms with van der Waals surface area (Å²) in [6.07, 6.45) is 5.45. The second kappa shape index (κ2) is 7.98. The summed E-state index contributed by atoms with van der Waals surface area (Å²) in [6, 6.07) is 5.98. The highest BCUT2D eigenvalue weighted by Crippen LogP contribution is 2.27. The lowest BCUT2D eigenvalue weighted by Crippen LogP contribution is -2.38. The molecule has 1 aliphatic carbocycles. The van der Waals surface area contributed by atoms with Crippen molar-refractivity contribution < 1.29 is 23.1 Å². The predicted molar refractivity (Wildman–Crippen MR) is 99.9 cm³/mol. The first-order valence-corrected chi connectivity index (χ1v) is 10.8. The number of sulfonamides is 1. The molecule has 2 fully saturated rings. The van der Waals surface area contributed by atoms with Crippen LogP contribution in [0.25, 0.3) is 0 Å². The first-order chi connectivity index (χ1) is 12.8. The first-order valence-electron chi connectivity index (χ1n) is 9.41. The van der Waals surface area contributed by atoms with E-state index in [-0.39, 0.29) is 23.4 Å². The van der Waals surface area contributed by atoms with Gasteiger partial charge in [-0.3, -0.25) is 9.59 Å². The largest absolute Gasteiger partial charge is 0.481 e. The summed E-state index contributed by atoms with van der Waals surface area (Å²) in [4.78, 5) is 25.3. The molecule has 1 aliphatic heterocycles. The van der Waals surface area contributed by atoms with Gasteiger partial charge in [-0.2, -0.15) is 4.31 Å². The Labute approximate surface area is 160 Å². The van der Waals surface area contributed by atoms with E-state index in [9.17, 15) is 18.0 Å². The van der Waals surface area contributed by atoms with Crippen molar-refractivity contribution in [2.24, 2.45) is 5.92 Å². The Kier molecular flexibility index (Phi) is 5.86. The maximum atomic E-state index is 12.9. The summed E-state index contributed by atoms with van der Waals surface area (Å²) in [5, 5.41) is 9.06. The molecule has 148 valence electrons. The summed E-state index contributed by atoms with van der Waals surface area (Å²) in [5.41, 5.74) is 0.375. The van der Waals surface area contributed by atoms with Gasteiger partial charge in [0.25, 0.3) is 5.91 Å². The summed E-state index contributed by atoms with van der Waals surface area (Å²) < 4.78 is 27.2. The molecule has 1 heterocycles. The molecule has 1 aromatic rings. The number of carbonyl (C=O) groups is 2. The molecule has 1 N–H and O–H groups in total. The third-order valence-corrected chi connectivity index (χ3v) is 7.62. The van der Waals surface area contributed by atoms with Crippen molar-refractivity contribution in [3.05, 3.63) is 29.8 Å². The fourth-order valence-corrected chi connectivity index (χ4v) is 5.32. The van der Waals surface area contributed by atoms with Crippen LogP contribution in [0, 0.1) is 5.92 Å². The quantitative estimate of drug-likeness (QED) is 0.826. The molecule has 7 nitrogen and oxygen atoms in total. The number of carboxylic acid groups (broad SMARTS) is 1. The second-order valence-electron chi connectivity index (χ2n) is 7.41. The van der Waals surface area contributed by atoms with Crippen LogP contribution in [0.3, 0.4) is 0 Å². The predicted octanol–water partition coefficient (Wildman–Crippen LogP) is 2.19. The minimum atomic E-state index is -3.59. The van der Waals surface area contributed by atoms with Crippen LogP contribution >= 0.6 is 0 Å². The van der Waals surface area contributed by atoms with E-state index >= 15 is 0 Å². The summed E-state index contributed by atoms with van der Waals surface area (Å²) in [5.74, 6) is -1.68. The van der Waals surface area contributed by atoms with Crippen LogP contribution in [0.1, 0.15) is 48.9 Å². The number of carbonyl (C=O) groups excluding carboxylic acids is 1. The van der Waals surface area contributed by atoms with Crippen molar-refractivity contribution in [1.82, 2.24) is 9.21 Å². The van der Waals surface area contributed by atoms with Gasteiger partial charge in [0.15, 0.2) is 0 Å². The van der Waals surface area contributed by atoms with Gasteiger partial charge in [0.05, 0.1) is 10.8 Å². The third-order valence-electron chi connectivity index (χ3n) is 5.69. The lowest BCUT2D eigenvalue weighted by Gasteiger charge is -2.30. The maximum Gasteiger partial charge on any atom is 0.308 e. The van der Waals surface area contributed by atoms with Gasteiger partial charge in [0.2, 0.25) is 10.0 Å². The maximum absolute atomic E-state index is 12.9. The van der Waals surface area contributed by atoms with Gasteiger partial charge in [-0.25, -0.2) is 8.42 Å². The molecule has 0 spiro atoms. The molecule has 1 saturated carbocycles. The molecule has 1 atom stereocenters. The van der Waals surface area contributed by atoms with Gasteiger partial charge in [-0.15, -0.1) is 0 Å². The topological polar surface area (TPSA) is 95.0 Å². The van der Waals surface area contributed by atoms with Crippen LogP contribution in [0.4, 0.5) is 0 Å². The van der Waals surface area contributed by atoms with Crippen LogP contribution in [0.5, 0.6) is 0 Å². The number of nitrogens with zero attached hydrogens (tertiary/aromatic N) is 2. The minimum absolute atomic E-state index is 0.0302. The standard InChI is InChI=1S/C19H26N2O5S/c1-20(16-5-3-2-4-6-16)27(25,26)17-9-7-14(8-10-17)18(22)21-12-11-15(13-21)19(23)24/h7-10,15-16H,2-6,11-13H2,1H3,(H,23,24). The number of aliphatic carboxylic acids is 1. The number of carboxylic acids is 1. The minimum Gasteiger partial charge on any atom is -0.481 e. The smallest absolute Gasteiger partial charge is 0.308 e. The van der Waals surface area contributed by atoms with Crippen molar-refractivity contribution in [2.75, 3.05) is 20.1 Å². The van der Waals surface area contributed by atoms with Crippen LogP contribution in [0.15, 0.2) is 29.2 Å². The van der Waals surface area contributed by atoms with Crippen LogP contribution < -0.4 is 0 Å². The molecule has 0 radical (unpaired) electrons. The van der Waals surface area contributed by atoms with Crippen molar-refractivity contribution >= 4 is 21.9 Å². The summed E-state index contributed by atoms with van der Waals surface area (Å²) >= 11 is 0. The third kappa shape index (κ3) is 4.16. The van der Waals surface area contributed by atoms with Gasteiger partial charge in [-0.05, 0) is 43.5 Å². The Hall–Kier alpha value is -1.93. The second-order valence-corrected chi connectivity index (χ2v) is 9.41. The highest BCUT2D eigenvalue weighted by molar-refractivity contribution is 7.89. The number of amides is 1. The molecule has 2 aliphatic rings. The zero-order valence-electron chi connectivity index (χ0n) is 15.5. The van der Waals surface area contributed by atoms with Gasteiger partial charge in [0.1, 0.15) is 0 Å². The van der Waals surface area contributed by atoms with E-state index in [1.807, 2.05) is 0 Å². The monoisotopic (exact) mass is 394 g/mol. The molecule has 1 amide bonds. The summed E-state index contributed by atoms with van der Waals surface area (Å²) in [7, 11) is -1.96. The fraction of sp³-hybridized carbons (Fsp3) is 0.579. The number of benzene rings is 1. The van der Waals surface area contributed by atoms with E-state index in [4.69, 9.17) is 5.11 Å². The number of hydrogen-bond donors (Lipinski definition) is 1. The van der Waals surface area contributed by atoms with Gasteiger partial charge in [0, 0.05) is 31.7 Å². The van der Waals surface area contributed by atoms with Gasteiger partial charge in [-0.1, -0.05) is 19.3 Å². The van der Waals surface area contributed by atoms with Crippen LogP contribution in [-0.2, 0) is 14.8 Å². The Morgan fingerprint density at radius 2 is 1.70 bits per heavy atom. The average molecular weight is 394 g/mol. The fourth-order valence-electron chi connectivity index (χ4n) is 3.91. The van der Waals surface area contributed by atoms with E-state index in [0.29, 0.717) is 18.5 Å². The number of rotatable bonds is 5. The summed E-state index contributed by atoms with van der Waals surface area (Å²) in [6.45, 7) is 0.596. The Balaban J connectivity index is 1.71. The molecule has 8 heteroatoms. The van der Waals surface area contributed by atoms with Crippen LogP contribution in [0.2, 0.25) is 0 Å². The Morgan fingerprint density at radius 3 is 2.26 bits per heavy atom. The molecule has 1 unspecified atom stereocenters. The molecule has 27 heavy (non-hydrogen) atoms. The zero-order valence-corrected chi connectivity index (χ0v) is 16.3. The van der Waals surface area contributed by atoms with E-state index in [1.54, 1.807) is 7.05 Å². The highest BCUT2D eigenvalue weighted by Gasteiger charge is 2.32. The lowest BCUT2D eigenvalue weighted by molar-refractivity contribution is -0.141. The average Bonchev–Trinajstić information content (AvgIpc) is 3.18. The molecular formula is C19H26N2O5S. The Bertz CT molecular complexity index is 800. The molecular weight excluding hydrogens is 368 g/mol. The molecule has 0 bridgehead atoms. The van der Waals surface area contributed by atoms with E-state index in [2.05, 4.69) is 0 Å². The van der Waals surface area contributed by atoms with Gasteiger partial charge < -0.3 is 10.0 Å². The lowest BCUT2D eigenvalue weighted by atomic mass is 9.96. The van der Waals surface area contributed by atoms with Crippen molar-refractivity contribution in [3.8, 4) is 0 Å². The van der Waals surface area contributed by atoms with Crippen molar-refractivity contribution in [3.63, 3.8) is 0 Å². The van der Waals surface area contributed by atoms with E-state index in [1.165, 1.54) is 33.5 Å². The van der Waals surface area contributed by atoms with E-state index in [0.717, 1.165) is 32.1 Å². The zero-order chi connectivity index (χ0) is 19.6. The number of hydrogen-bond acceptors (Lipinski definition) is 4.